The molecule has 0 aliphatic rings. The molecule has 1 aromatic heterocycles. The van der Waals surface area contributed by atoms with Crippen LogP contribution in [0.25, 0.3) is 22.3 Å². The first-order valence-corrected chi connectivity index (χ1v) is 7.13. The first-order valence-electron chi connectivity index (χ1n) is 7.13. The molecule has 3 aromatic rings. The molecule has 0 amide bonds. The Morgan fingerprint density at radius 3 is 2.36 bits per heavy atom. The molecule has 0 aliphatic carbocycles. The molecule has 1 N–H and O–H groups in total. The number of phenolic OH excluding ortho intramolecular Hbond substituents is 1. The number of nitro benzene ring substituents is 1. The molecule has 0 unspecified atom stereocenters. The summed E-state index contributed by atoms with van der Waals surface area (Å²) in [6.07, 6.45) is 0. The van der Waals surface area contributed by atoms with Crippen molar-refractivity contribution in [2.45, 2.75) is 0 Å². The smallest absolute Gasteiger partial charge is 0.269 e. The molecule has 0 fully saturated rings. The van der Waals surface area contributed by atoms with E-state index in [9.17, 15) is 20.0 Å². The van der Waals surface area contributed by atoms with Gasteiger partial charge in [-0.05, 0) is 12.1 Å². The summed E-state index contributed by atoms with van der Waals surface area (Å²) in [6, 6.07) is 8.21. The number of hydrogen-bond acceptors (Lipinski definition) is 7. The molecule has 1 heterocycles. The molecule has 0 atom stereocenters. The second-order valence-electron chi connectivity index (χ2n) is 5.11. The van der Waals surface area contributed by atoms with E-state index in [-0.39, 0.29) is 39.7 Å². The van der Waals surface area contributed by atoms with Crippen molar-refractivity contribution in [3.05, 3.63) is 56.7 Å². The minimum atomic E-state index is -0.518. The average molecular weight is 343 g/mol. The number of nitrogens with zero attached hydrogens (tertiary/aromatic N) is 1. The predicted octanol–water partition coefficient (Wildman–Crippen LogP) is 3.09. The summed E-state index contributed by atoms with van der Waals surface area (Å²) >= 11 is 0. The lowest BCUT2D eigenvalue weighted by Crippen LogP contribution is -2.03. The minimum absolute atomic E-state index is 0.0328. The van der Waals surface area contributed by atoms with Crippen molar-refractivity contribution in [1.29, 1.82) is 0 Å². The van der Waals surface area contributed by atoms with Gasteiger partial charge in [-0.25, -0.2) is 0 Å². The third-order valence-corrected chi connectivity index (χ3v) is 3.70. The molecule has 3 rings (SSSR count). The molecule has 0 saturated heterocycles. The molecule has 0 radical (unpaired) electrons. The summed E-state index contributed by atoms with van der Waals surface area (Å²) in [6.45, 7) is 0. The normalized spacial score (nSPS) is 10.6. The highest BCUT2D eigenvalue weighted by Crippen LogP contribution is 2.42. The van der Waals surface area contributed by atoms with Gasteiger partial charge in [0, 0.05) is 29.8 Å². The SMILES string of the molecule is COc1cc2oc(-c3ccc([N+](=O)[O-])cc3)cc(=O)c2c(O)c1OC. The van der Waals surface area contributed by atoms with E-state index in [1.165, 1.54) is 50.6 Å². The lowest BCUT2D eigenvalue weighted by atomic mass is 10.1. The van der Waals surface area contributed by atoms with Crippen molar-refractivity contribution in [2.75, 3.05) is 14.2 Å². The van der Waals surface area contributed by atoms with E-state index in [4.69, 9.17) is 13.9 Å². The minimum Gasteiger partial charge on any atom is -0.504 e. The average Bonchev–Trinajstić information content (AvgIpc) is 2.60. The molecular weight excluding hydrogens is 330 g/mol. The van der Waals surface area contributed by atoms with Crippen LogP contribution in [-0.2, 0) is 0 Å². The van der Waals surface area contributed by atoms with Crippen LogP contribution in [0.15, 0.2) is 45.6 Å². The van der Waals surface area contributed by atoms with Crippen molar-refractivity contribution in [1.82, 2.24) is 0 Å². The topological polar surface area (TPSA) is 112 Å². The number of nitro groups is 1. The Kier molecular flexibility index (Phi) is 4.02. The van der Waals surface area contributed by atoms with Gasteiger partial charge < -0.3 is 19.0 Å². The van der Waals surface area contributed by atoms with Crippen molar-refractivity contribution >= 4 is 16.7 Å². The highest BCUT2D eigenvalue weighted by Gasteiger charge is 2.19. The molecule has 8 nitrogen and oxygen atoms in total. The summed E-state index contributed by atoms with van der Waals surface area (Å²) in [5.74, 6) is 0.0711. The van der Waals surface area contributed by atoms with Gasteiger partial charge >= 0.3 is 0 Å². The number of fused-ring (bicyclic) bond motifs is 1. The van der Waals surface area contributed by atoms with Gasteiger partial charge in [0.05, 0.1) is 19.1 Å². The van der Waals surface area contributed by atoms with E-state index in [0.29, 0.717) is 5.56 Å². The Hall–Kier alpha value is -3.55. The zero-order chi connectivity index (χ0) is 18.1. The Labute approximate surface area is 141 Å². The summed E-state index contributed by atoms with van der Waals surface area (Å²) in [7, 11) is 2.73. The van der Waals surface area contributed by atoms with E-state index < -0.39 is 10.4 Å². The molecule has 0 bridgehead atoms. The second-order valence-corrected chi connectivity index (χ2v) is 5.11. The van der Waals surface area contributed by atoms with Crippen LogP contribution in [0.3, 0.4) is 0 Å². The van der Waals surface area contributed by atoms with Gasteiger partial charge in [-0.2, -0.15) is 0 Å². The summed E-state index contributed by atoms with van der Waals surface area (Å²) in [5.41, 5.74) is 0.0406. The van der Waals surface area contributed by atoms with Gasteiger partial charge in [0.2, 0.25) is 5.75 Å². The first kappa shape index (κ1) is 16.3. The second kappa shape index (κ2) is 6.16. The maximum atomic E-state index is 12.4. The number of aromatic hydroxyl groups is 1. The van der Waals surface area contributed by atoms with Crippen molar-refractivity contribution in [2.24, 2.45) is 0 Å². The van der Waals surface area contributed by atoms with Crippen LogP contribution >= 0.6 is 0 Å². The fraction of sp³-hybridized carbons (Fsp3) is 0.118. The fourth-order valence-corrected chi connectivity index (χ4v) is 2.50. The van der Waals surface area contributed by atoms with Crippen LogP contribution in [0.4, 0.5) is 5.69 Å². The first-order chi connectivity index (χ1) is 12.0. The van der Waals surface area contributed by atoms with Crippen molar-refractivity contribution < 1.29 is 23.9 Å². The number of rotatable bonds is 4. The van der Waals surface area contributed by atoms with E-state index >= 15 is 0 Å². The summed E-state index contributed by atoms with van der Waals surface area (Å²) in [4.78, 5) is 22.6. The van der Waals surface area contributed by atoms with Crippen molar-refractivity contribution in [3.63, 3.8) is 0 Å². The number of phenols is 1. The van der Waals surface area contributed by atoms with Crippen molar-refractivity contribution in [3.8, 4) is 28.6 Å². The highest BCUT2D eigenvalue weighted by atomic mass is 16.6. The Balaban J connectivity index is 2.22. The Morgan fingerprint density at radius 2 is 1.80 bits per heavy atom. The quantitative estimate of drug-likeness (QED) is 0.572. The fourth-order valence-electron chi connectivity index (χ4n) is 2.50. The van der Waals surface area contributed by atoms with Gasteiger partial charge in [-0.3, -0.25) is 14.9 Å². The van der Waals surface area contributed by atoms with Crippen LogP contribution in [0, 0.1) is 10.1 Å². The number of ether oxygens (including phenoxy) is 2. The standard InChI is InChI=1S/C17H13NO7/c1-23-14-8-13-15(16(20)17(14)24-2)11(19)7-12(25-13)9-3-5-10(6-4-9)18(21)22/h3-8,20H,1-2H3. The molecule has 128 valence electrons. The largest absolute Gasteiger partial charge is 0.504 e. The van der Waals surface area contributed by atoms with E-state index in [0.717, 1.165) is 0 Å². The molecule has 8 heteroatoms. The highest BCUT2D eigenvalue weighted by molar-refractivity contribution is 5.89. The van der Waals surface area contributed by atoms with E-state index in [1.54, 1.807) is 0 Å². The van der Waals surface area contributed by atoms with Crippen LogP contribution in [0.1, 0.15) is 0 Å². The monoisotopic (exact) mass is 343 g/mol. The van der Waals surface area contributed by atoms with E-state index in [2.05, 4.69) is 0 Å². The van der Waals surface area contributed by atoms with Gasteiger partial charge in [-0.15, -0.1) is 0 Å². The summed E-state index contributed by atoms with van der Waals surface area (Å²) < 4.78 is 15.9. The van der Waals surface area contributed by atoms with Gasteiger partial charge in [0.15, 0.2) is 16.9 Å². The van der Waals surface area contributed by atoms with E-state index in [1.807, 2.05) is 0 Å². The lowest BCUT2D eigenvalue weighted by molar-refractivity contribution is -0.384. The maximum Gasteiger partial charge on any atom is 0.269 e. The Bertz CT molecular complexity index is 1020. The zero-order valence-electron chi connectivity index (χ0n) is 13.3. The predicted molar refractivity (Wildman–Crippen MR) is 89.3 cm³/mol. The van der Waals surface area contributed by atoms with Crippen LogP contribution in [0.2, 0.25) is 0 Å². The summed E-state index contributed by atoms with van der Waals surface area (Å²) in [5, 5.41) is 20.9. The molecule has 0 aliphatic heterocycles. The molecule has 25 heavy (non-hydrogen) atoms. The van der Waals surface area contributed by atoms with Gasteiger partial charge in [0.1, 0.15) is 16.7 Å². The lowest BCUT2D eigenvalue weighted by Gasteiger charge is -2.11. The number of methoxy groups -OCH3 is 2. The van der Waals surface area contributed by atoms with Gasteiger partial charge in [-0.1, -0.05) is 0 Å². The molecule has 0 saturated carbocycles. The van der Waals surface area contributed by atoms with Crippen LogP contribution < -0.4 is 14.9 Å². The third-order valence-electron chi connectivity index (χ3n) is 3.70. The maximum absolute atomic E-state index is 12.4. The number of benzene rings is 2. The molecule has 2 aromatic carbocycles. The Morgan fingerprint density at radius 1 is 1.12 bits per heavy atom. The van der Waals surface area contributed by atoms with Crippen LogP contribution in [0.5, 0.6) is 17.2 Å². The molecular formula is C17H13NO7. The number of non-ortho nitro benzene ring substituents is 1. The third kappa shape index (κ3) is 2.74. The number of hydrogen-bond donors (Lipinski definition) is 1. The molecule has 0 spiro atoms. The van der Waals surface area contributed by atoms with Crippen LogP contribution in [-0.4, -0.2) is 24.2 Å². The van der Waals surface area contributed by atoms with Gasteiger partial charge in [0.25, 0.3) is 5.69 Å². The zero-order valence-corrected chi connectivity index (χ0v) is 13.3.